The van der Waals surface area contributed by atoms with Crippen LogP contribution in [0.5, 0.6) is 0 Å². The maximum absolute atomic E-state index is 13.7. The first-order chi connectivity index (χ1) is 10.6. The van der Waals surface area contributed by atoms with Gasteiger partial charge in [0, 0.05) is 6.42 Å². The molecule has 0 bridgehead atoms. The summed E-state index contributed by atoms with van der Waals surface area (Å²) in [6.07, 6.45) is 0.368. The molecule has 114 valence electrons. The van der Waals surface area contributed by atoms with Crippen LogP contribution in [0.25, 0.3) is 0 Å². The Morgan fingerprint density at radius 3 is 2.86 bits per heavy atom. The largest absolute Gasteiger partial charge is 0.382 e. The van der Waals surface area contributed by atoms with E-state index in [1.165, 1.54) is 12.4 Å². The molecule has 0 spiro atoms. The van der Waals surface area contributed by atoms with Crippen molar-refractivity contribution in [3.63, 3.8) is 0 Å². The van der Waals surface area contributed by atoms with Gasteiger partial charge in [-0.3, -0.25) is 9.89 Å². The molecule has 0 radical (unpaired) electrons. The van der Waals surface area contributed by atoms with E-state index in [-0.39, 0.29) is 24.2 Å². The van der Waals surface area contributed by atoms with Crippen molar-refractivity contribution in [1.29, 1.82) is 0 Å². The Hall–Kier alpha value is -2.84. The minimum atomic E-state index is -0.933. The van der Waals surface area contributed by atoms with Gasteiger partial charge in [-0.2, -0.15) is 5.10 Å². The molecule has 2 N–H and O–H groups in total. The van der Waals surface area contributed by atoms with Crippen molar-refractivity contribution in [1.82, 2.24) is 20.5 Å². The maximum Gasteiger partial charge on any atom is 0.264 e. The normalized spacial score (nSPS) is 17.0. The minimum Gasteiger partial charge on any atom is -0.382 e. The highest BCUT2D eigenvalue weighted by molar-refractivity contribution is 6.04. The Kier molecular flexibility index (Phi) is 3.77. The second-order valence-corrected chi connectivity index (χ2v) is 4.58. The lowest BCUT2D eigenvalue weighted by Gasteiger charge is -2.08. The van der Waals surface area contributed by atoms with E-state index in [9.17, 15) is 13.6 Å². The van der Waals surface area contributed by atoms with Crippen molar-refractivity contribution in [3.8, 4) is 0 Å². The second kappa shape index (κ2) is 5.88. The van der Waals surface area contributed by atoms with Crippen molar-refractivity contribution < 1.29 is 18.4 Å². The van der Waals surface area contributed by atoms with Crippen LogP contribution in [0.3, 0.4) is 0 Å². The fourth-order valence-electron chi connectivity index (χ4n) is 2.04. The zero-order valence-corrected chi connectivity index (χ0v) is 11.2. The molecule has 9 heteroatoms. The van der Waals surface area contributed by atoms with Crippen molar-refractivity contribution in [2.75, 3.05) is 0 Å². The standard InChI is InChI=1S/C13H11F2N5O2/c14-7-2-1-3-8(15)12(7)9-4-10(22-20-9)13(21)16-5-11-17-6-18-19-11/h1-3,6,10H,4-5H2,(H,16,21)(H,17,18,19). The van der Waals surface area contributed by atoms with Gasteiger partial charge in [-0.05, 0) is 12.1 Å². The topological polar surface area (TPSA) is 92.3 Å². The molecule has 1 amide bonds. The van der Waals surface area contributed by atoms with Crippen LogP contribution in [0.2, 0.25) is 0 Å². The number of amides is 1. The number of aromatic nitrogens is 3. The zero-order chi connectivity index (χ0) is 15.5. The van der Waals surface area contributed by atoms with Gasteiger partial charge in [0.25, 0.3) is 5.91 Å². The summed E-state index contributed by atoms with van der Waals surface area (Å²) in [7, 11) is 0. The number of rotatable bonds is 4. The summed E-state index contributed by atoms with van der Waals surface area (Å²) < 4.78 is 27.3. The van der Waals surface area contributed by atoms with Crippen LogP contribution in [0, 0.1) is 11.6 Å². The second-order valence-electron chi connectivity index (χ2n) is 4.58. The average Bonchev–Trinajstić information content (AvgIpc) is 3.16. The summed E-state index contributed by atoms with van der Waals surface area (Å²) in [6.45, 7) is 0.141. The van der Waals surface area contributed by atoms with Gasteiger partial charge in [0.2, 0.25) is 6.10 Å². The number of nitrogens with zero attached hydrogens (tertiary/aromatic N) is 3. The summed E-state index contributed by atoms with van der Waals surface area (Å²) in [4.78, 5) is 20.7. The number of benzene rings is 1. The van der Waals surface area contributed by atoms with Gasteiger partial charge in [0.15, 0.2) is 0 Å². The summed E-state index contributed by atoms with van der Waals surface area (Å²) in [5.74, 6) is -1.46. The molecule has 1 aliphatic heterocycles. The Labute approximate surface area is 123 Å². The van der Waals surface area contributed by atoms with Gasteiger partial charge in [-0.25, -0.2) is 13.8 Å². The number of aromatic amines is 1. The predicted molar refractivity (Wildman–Crippen MR) is 70.6 cm³/mol. The van der Waals surface area contributed by atoms with E-state index in [0.717, 1.165) is 12.1 Å². The van der Waals surface area contributed by atoms with Crippen molar-refractivity contribution in [2.45, 2.75) is 19.1 Å². The first kappa shape index (κ1) is 14.1. The number of oxime groups is 1. The third-order valence-corrected chi connectivity index (χ3v) is 3.11. The number of nitrogens with one attached hydrogen (secondary N) is 2. The molecular formula is C13H11F2N5O2. The molecule has 2 heterocycles. The number of hydrogen-bond acceptors (Lipinski definition) is 5. The summed E-state index contributed by atoms with van der Waals surface area (Å²) in [5, 5.41) is 12.4. The van der Waals surface area contributed by atoms with Gasteiger partial charge in [-0.1, -0.05) is 11.2 Å². The maximum atomic E-state index is 13.7. The molecule has 0 saturated heterocycles. The number of H-pyrrole nitrogens is 1. The Morgan fingerprint density at radius 2 is 2.18 bits per heavy atom. The van der Waals surface area contributed by atoms with Crippen LogP contribution in [-0.2, 0) is 16.2 Å². The van der Waals surface area contributed by atoms with Gasteiger partial charge in [-0.15, -0.1) is 0 Å². The van der Waals surface area contributed by atoms with Crippen LogP contribution in [-0.4, -0.2) is 32.9 Å². The van der Waals surface area contributed by atoms with Crippen LogP contribution in [0.4, 0.5) is 8.78 Å². The van der Waals surface area contributed by atoms with Gasteiger partial charge < -0.3 is 10.2 Å². The molecule has 7 nitrogen and oxygen atoms in total. The molecule has 1 aliphatic rings. The summed E-state index contributed by atoms with van der Waals surface area (Å²) in [5.41, 5.74) is -0.205. The molecule has 0 saturated carbocycles. The molecule has 22 heavy (non-hydrogen) atoms. The minimum absolute atomic E-state index is 0.0138. The van der Waals surface area contributed by atoms with Crippen molar-refractivity contribution >= 4 is 11.6 Å². The highest BCUT2D eigenvalue weighted by Gasteiger charge is 2.31. The summed E-state index contributed by atoms with van der Waals surface area (Å²) in [6, 6.07) is 3.50. The molecule has 0 fully saturated rings. The molecule has 3 rings (SSSR count). The van der Waals surface area contributed by atoms with Crippen LogP contribution >= 0.6 is 0 Å². The quantitative estimate of drug-likeness (QED) is 0.877. The van der Waals surface area contributed by atoms with E-state index >= 15 is 0 Å². The molecule has 1 unspecified atom stereocenters. The monoisotopic (exact) mass is 307 g/mol. The first-order valence-corrected chi connectivity index (χ1v) is 6.44. The van der Waals surface area contributed by atoms with E-state index in [2.05, 4.69) is 25.7 Å². The highest BCUT2D eigenvalue weighted by Crippen LogP contribution is 2.21. The zero-order valence-electron chi connectivity index (χ0n) is 11.2. The van der Waals surface area contributed by atoms with E-state index < -0.39 is 23.6 Å². The van der Waals surface area contributed by atoms with Crippen molar-refractivity contribution in [3.05, 3.63) is 47.5 Å². The summed E-state index contributed by atoms with van der Waals surface area (Å²) >= 11 is 0. The van der Waals surface area contributed by atoms with Crippen molar-refractivity contribution in [2.24, 2.45) is 5.16 Å². The molecule has 0 aliphatic carbocycles. The number of halogens is 2. The van der Waals surface area contributed by atoms with Gasteiger partial charge in [0.1, 0.15) is 23.8 Å². The molecule has 2 aromatic rings. The molecule has 1 aromatic carbocycles. The third-order valence-electron chi connectivity index (χ3n) is 3.11. The fraction of sp³-hybridized carbons (Fsp3) is 0.231. The Bertz CT molecular complexity index is 697. The van der Waals surface area contributed by atoms with E-state index in [1.807, 2.05) is 0 Å². The first-order valence-electron chi connectivity index (χ1n) is 6.44. The van der Waals surface area contributed by atoms with Gasteiger partial charge >= 0.3 is 0 Å². The molecule has 1 atom stereocenters. The number of carbonyl (C=O) groups excluding carboxylic acids is 1. The average molecular weight is 307 g/mol. The Balaban J connectivity index is 1.63. The van der Waals surface area contributed by atoms with E-state index in [0.29, 0.717) is 5.82 Å². The number of hydrogen-bond donors (Lipinski definition) is 2. The van der Waals surface area contributed by atoms with Crippen LogP contribution in [0.15, 0.2) is 29.7 Å². The Morgan fingerprint density at radius 1 is 1.41 bits per heavy atom. The predicted octanol–water partition coefficient (Wildman–Crippen LogP) is 0.892. The fourth-order valence-corrected chi connectivity index (χ4v) is 2.04. The van der Waals surface area contributed by atoms with Gasteiger partial charge in [0.05, 0.1) is 17.8 Å². The van der Waals surface area contributed by atoms with E-state index in [1.54, 1.807) is 0 Å². The third kappa shape index (κ3) is 2.78. The highest BCUT2D eigenvalue weighted by atomic mass is 19.1. The lowest BCUT2D eigenvalue weighted by atomic mass is 10.0. The molecular weight excluding hydrogens is 296 g/mol. The number of carbonyl (C=O) groups is 1. The lowest BCUT2D eigenvalue weighted by Crippen LogP contribution is -2.34. The van der Waals surface area contributed by atoms with Crippen LogP contribution in [0.1, 0.15) is 17.8 Å². The van der Waals surface area contributed by atoms with Crippen LogP contribution < -0.4 is 5.32 Å². The SMILES string of the molecule is O=C(NCc1ncn[nH]1)C1CC(c2c(F)cccc2F)=NO1. The molecule has 1 aromatic heterocycles. The smallest absolute Gasteiger partial charge is 0.264 e. The van der Waals surface area contributed by atoms with E-state index in [4.69, 9.17) is 4.84 Å². The lowest BCUT2D eigenvalue weighted by molar-refractivity contribution is -0.131.